The molecule has 0 saturated carbocycles. The maximum Gasteiger partial charge on any atom is 0.141 e. The van der Waals surface area contributed by atoms with Crippen molar-refractivity contribution in [3.63, 3.8) is 0 Å². The van der Waals surface area contributed by atoms with E-state index >= 15 is 0 Å². The largest absolute Gasteiger partial charge is 0.392 e. The molecule has 2 rings (SSSR count). The first-order valence-corrected chi connectivity index (χ1v) is 5.43. The number of nitrogens with one attached hydrogen (secondary N) is 1. The van der Waals surface area contributed by atoms with Crippen LogP contribution in [-0.2, 0) is 39.8 Å². The second kappa shape index (κ2) is 6.32. The van der Waals surface area contributed by atoms with Gasteiger partial charge in [0, 0.05) is 46.0 Å². The van der Waals surface area contributed by atoms with Crippen molar-refractivity contribution in [1.29, 1.82) is 0 Å². The Balaban J connectivity index is 0.00000144. The number of anilines is 2. The molecule has 1 N–H and O–H groups in total. The zero-order valence-electron chi connectivity index (χ0n) is 10.4. The van der Waals surface area contributed by atoms with Crippen LogP contribution in [0.5, 0.6) is 0 Å². The third-order valence-electron chi connectivity index (χ3n) is 2.44. The molecule has 0 aliphatic carbocycles. The number of aryl methyl sites for hydroxylation is 1. The van der Waals surface area contributed by atoms with Gasteiger partial charge in [0.15, 0.2) is 0 Å². The van der Waals surface area contributed by atoms with E-state index < -0.39 is 0 Å². The molecule has 1 aromatic carbocycles. The summed E-state index contributed by atoms with van der Waals surface area (Å²) < 4.78 is 1.77. The third-order valence-corrected chi connectivity index (χ3v) is 2.44. The van der Waals surface area contributed by atoms with Crippen LogP contribution in [0.15, 0.2) is 30.5 Å². The molecule has 0 spiro atoms. The van der Waals surface area contributed by atoms with E-state index in [2.05, 4.69) is 42.5 Å². The molecule has 0 amide bonds. The van der Waals surface area contributed by atoms with Crippen LogP contribution in [0.4, 0.5) is 11.5 Å². The van der Waals surface area contributed by atoms with Crippen molar-refractivity contribution in [2.45, 2.75) is 19.8 Å². The van der Waals surface area contributed by atoms with Crippen molar-refractivity contribution in [1.82, 2.24) is 9.78 Å². The van der Waals surface area contributed by atoms with Gasteiger partial charge in [-0.3, -0.25) is 4.68 Å². The Hall–Kier alpha value is -0.666. The predicted molar refractivity (Wildman–Crippen MR) is 65.9 cm³/mol. The van der Waals surface area contributed by atoms with Crippen LogP contribution in [0.3, 0.4) is 0 Å². The van der Waals surface area contributed by atoms with Crippen LogP contribution in [0.1, 0.15) is 25.3 Å². The van der Waals surface area contributed by atoms with Gasteiger partial charge in [0.25, 0.3) is 0 Å². The van der Waals surface area contributed by atoms with Gasteiger partial charge in [0.05, 0.1) is 0 Å². The fourth-order valence-electron chi connectivity index (χ4n) is 1.50. The summed E-state index contributed by atoms with van der Waals surface area (Å²) in [6.07, 6.45) is 1.91. The first-order chi connectivity index (χ1) is 7.65. The Morgan fingerprint density at radius 3 is 2.53 bits per heavy atom. The van der Waals surface area contributed by atoms with Crippen LogP contribution in [0.25, 0.3) is 0 Å². The molecule has 0 bridgehead atoms. The van der Waals surface area contributed by atoms with Crippen LogP contribution in [0.2, 0.25) is 0 Å². The van der Waals surface area contributed by atoms with Gasteiger partial charge in [0.2, 0.25) is 0 Å². The van der Waals surface area contributed by atoms with Crippen LogP contribution in [-0.4, -0.2) is 9.78 Å². The zero-order chi connectivity index (χ0) is 11.5. The van der Waals surface area contributed by atoms with E-state index in [0.29, 0.717) is 5.92 Å². The van der Waals surface area contributed by atoms with Crippen molar-refractivity contribution < 1.29 is 32.7 Å². The summed E-state index contributed by atoms with van der Waals surface area (Å²) in [5.41, 5.74) is 2.25. The smallest absolute Gasteiger partial charge is 0.141 e. The molecule has 87 valence electrons. The Morgan fingerprint density at radius 2 is 2.06 bits per heavy atom. The van der Waals surface area contributed by atoms with Gasteiger partial charge < -0.3 is 5.32 Å². The number of nitrogens with zero attached hydrogens (tertiary/aromatic N) is 2. The van der Waals surface area contributed by atoms with Crippen molar-refractivity contribution in [3.05, 3.63) is 42.1 Å². The van der Waals surface area contributed by atoms with Crippen molar-refractivity contribution in [2.75, 3.05) is 5.32 Å². The third kappa shape index (κ3) is 3.93. The summed E-state index contributed by atoms with van der Waals surface area (Å²) in [5, 5.41) is 7.48. The first kappa shape index (κ1) is 14.4. The molecule has 1 heterocycles. The molecule has 0 saturated heterocycles. The Labute approximate surface area is 127 Å². The number of hydrogen-bond acceptors (Lipinski definition) is 2. The molecule has 4 heteroatoms. The van der Waals surface area contributed by atoms with Gasteiger partial charge in [0.1, 0.15) is 5.82 Å². The minimum absolute atomic E-state index is 0. The fraction of sp³-hybridized carbons (Fsp3) is 0.308. The number of hydrogen-bond donors (Lipinski definition) is 1. The number of benzene rings is 1. The van der Waals surface area contributed by atoms with E-state index in [-0.39, 0.29) is 32.7 Å². The predicted octanol–water partition coefficient (Wildman–Crippen LogP) is 3.08. The van der Waals surface area contributed by atoms with Crippen molar-refractivity contribution >= 4 is 11.5 Å². The Bertz CT molecular complexity index is 460. The van der Waals surface area contributed by atoms with E-state index in [1.54, 1.807) is 4.68 Å². The number of aromatic nitrogens is 2. The minimum Gasteiger partial charge on any atom is -0.392 e. The normalized spacial score (nSPS) is 10.1. The summed E-state index contributed by atoms with van der Waals surface area (Å²) in [6.45, 7) is 4.33. The van der Waals surface area contributed by atoms with Gasteiger partial charge in [-0.1, -0.05) is 19.5 Å². The first-order valence-electron chi connectivity index (χ1n) is 5.43. The van der Waals surface area contributed by atoms with E-state index in [4.69, 9.17) is 0 Å². The van der Waals surface area contributed by atoms with Crippen molar-refractivity contribution in [3.8, 4) is 0 Å². The van der Waals surface area contributed by atoms with Gasteiger partial charge in [-0.2, -0.15) is 28.9 Å². The van der Waals surface area contributed by atoms with Gasteiger partial charge in [-0.05, 0) is 12.0 Å². The Morgan fingerprint density at radius 1 is 1.29 bits per heavy atom. The molecule has 0 aliphatic rings. The molecule has 2 aromatic rings. The molecule has 0 aliphatic heterocycles. The average molecular weight is 303 g/mol. The molecule has 17 heavy (non-hydrogen) atoms. The zero-order valence-corrected chi connectivity index (χ0v) is 13.3. The SMILES string of the molecule is CC(C)c1[c-]cc(Nc2ccn(C)n2)cc1.[Y]. The molecule has 0 unspecified atom stereocenters. The summed E-state index contributed by atoms with van der Waals surface area (Å²) in [5.74, 6) is 1.37. The summed E-state index contributed by atoms with van der Waals surface area (Å²) in [4.78, 5) is 0. The minimum atomic E-state index is 0. The monoisotopic (exact) mass is 303 g/mol. The molecule has 0 fully saturated rings. The second-order valence-corrected chi connectivity index (χ2v) is 4.19. The molecule has 3 nitrogen and oxygen atoms in total. The van der Waals surface area contributed by atoms with Crippen molar-refractivity contribution in [2.24, 2.45) is 7.05 Å². The molecular formula is C13H16N3Y-. The van der Waals surface area contributed by atoms with Crippen LogP contribution in [0, 0.1) is 6.07 Å². The molecule has 0 atom stereocenters. The summed E-state index contributed by atoms with van der Waals surface area (Å²) in [6, 6.07) is 11.3. The second-order valence-electron chi connectivity index (χ2n) is 4.19. The molecule has 1 radical (unpaired) electrons. The quantitative estimate of drug-likeness (QED) is 0.883. The maximum atomic E-state index is 4.26. The summed E-state index contributed by atoms with van der Waals surface area (Å²) in [7, 11) is 1.90. The average Bonchev–Trinajstić information content (AvgIpc) is 2.65. The fourth-order valence-corrected chi connectivity index (χ4v) is 1.50. The Kier molecular flexibility index (Phi) is 5.35. The van der Waals surface area contributed by atoms with Crippen LogP contribution < -0.4 is 5.32 Å². The molecular weight excluding hydrogens is 287 g/mol. The van der Waals surface area contributed by atoms with Gasteiger partial charge >= 0.3 is 0 Å². The van der Waals surface area contributed by atoms with Gasteiger partial charge in [-0.25, -0.2) is 0 Å². The summed E-state index contributed by atoms with van der Waals surface area (Å²) >= 11 is 0. The maximum absolute atomic E-state index is 4.26. The van der Waals surface area contributed by atoms with Gasteiger partial charge in [-0.15, -0.1) is 6.07 Å². The van der Waals surface area contributed by atoms with E-state index in [1.807, 2.05) is 25.4 Å². The topological polar surface area (TPSA) is 29.9 Å². The van der Waals surface area contributed by atoms with E-state index in [0.717, 1.165) is 11.5 Å². The standard InChI is InChI=1S/C13H16N3.Y/c1-10(2)11-4-6-12(7-5-11)14-13-8-9-16(3)15-13;/h4,6-10H,1-3H3,(H,14,15);/q-1;. The molecule has 1 aromatic heterocycles. The van der Waals surface area contributed by atoms with E-state index in [1.165, 1.54) is 5.56 Å². The van der Waals surface area contributed by atoms with E-state index in [9.17, 15) is 0 Å². The number of rotatable bonds is 3. The van der Waals surface area contributed by atoms with Crippen LogP contribution >= 0.6 is 0 Å².